The molecule has 1 aromatic rings. The monoisotopic (exact) mass is 272 g/mol. The first-order chi connectivity index (χ1) is 8.55. The molecule has 0 bridgehead atoms. The van der Waals surface area contributed by atoms with Crippen molar-refractivity contribution in [2.75, 3.05) is 20.3 Å². The maximum absolute atomic E-state index is 12.3. The second kappa shape index (κ2) is 5.31. The van der Waals surface area contributed by atoms with Crippen molar-refractivity contribution >= 4 is 10.0 Å². The number of aromatic nitrogens is 1. The van der Waals surface area contributed by atoms with Gasteiger partial charge < -0.3 is 9.84 Å². The molecule has 1 saturated heterocycles. The molecule has 0 radical (unpaired) electrons. The van der Waals surface area contributed by atoms with Crippen LogP contribution in [0.5, 0.6) is 0 Å². The second-order valence-corrected chi connectivity index (χ2v) is 6.15. The van der Waals surface area contributed by atoms with Gasteiger partial charge in [-0.1, -0.05) is 6.07 Å². The van der Waals surface area contributed by atoms with Gasteiger partial charge in [0.15, 0.2) is 5.03 Å². The van der Waals surface area contributed by atoms with Crippen molar-refractivity contribution < 1.29 is 18.3 Å². The van der Waals surface area contributed by atoms with Crippen molar-refractivity contribution in [1.82, 2.24) is 9.29 Å². The van der Waals surface area contributed by atoms with Crippen LogP contribution in [0.15, 0.2) is 23.4 Å². The Balaban J connectivity index is 2.23. The number of aliphatic hydroxyl groups is 1. The molecular weight excluding hydrogens is 256 g/mol. The van der Waals surface area contributed by atoms with Crippen LogP contribution in [0.2, 0.25) is 0 Å². The molecule has 1 atom stereocenters. The third-order valence-electron chi connectivity index (χ3n) is 3.04. The second-order valence-electron chi connectivity index (χ2n) is 4.20. The molecule has 1 N–H and O–H groups in total. The number of aliphatic hydroxyl groups excluding tert-OH is 1. The van der Waals surface area contributed by atoms with Gasteiger partial charge in [-0.05, 0) is 18.1 Å². The molecule has 1 aliphatic rings. The van der Waals surface area contributed by atoms with Crippen LogP contribution >= 0.6 is 0 Å². The molecule has 0 aromatic carbocycles. The number of hydrogen-bond acceptors (Lipinski definition) is 5. The van der Waals surface area contributed by atoms with Gasteiger partial charge in [0, 0.05) is 19.9 Å². The van der Waals surface area contributed by atoms with E-state index in [9.17, 15) is 8.42 Å². The minimum Gasteiger partial charge on any atom is -0.392 e. The Morgan fingerprint density at radius 2 is 2.33 bits per heavy atom. The molecule has 1 fully saturated rings. The van der Waals surface area contributed by atoms with Gasteiger partial charge in [-0.25, -0.2) is 13.4 Å². The Morgan fingerprint density at radius 1 is 1.56 bits per heavy atom. The topological polar surface area (TPSA) is 79.7 Å². The highest BCUT2D eigenvalue weighted by atomic mass is 32.2. The Morgan fingerprint density at radius 3 is 2.83 bits per heavy atom. The van der Waals surface area contributed by atoms with Gasteiger partial charge in [0.1, 0.15) is 0 Å². The van der Waals surface area contributed by atoms with E-state index in [-0.39, 0.29) is 17.7 Å². The van der Waals surface area contributed by atoms with Crippen molar-refractivity contribution in [3.8, 4) is 0 Å². The van der Waals surface area contributed by atoms with Crippen molar-refractivity contribution in [2.45, 2.75) is 24.1 Å². The number of pyridine rings is 1. The third kappa shape index (κ3) is 2.54. The summed E-state index contributed by atoms with van der Waals surface area (Å²) in [7, 11) is -2.05. The molecule has 6 nitrogen and oxygen atoms in total. The number of sulfonamides is 1. The van der Waals surface area contributed by atoms with Gasteiger partial charge >= 0.3 is 0 Å². The summed E-state index contributed by atoms with van der Waals surface area (Å²) in [6.07, 6.45) is 2.07. The zero-order valence-corrected chi connectivity index (χ0v) is 10.9. The van der Waals surface area contributed by atoms with E-state index in [0.717, 1.165) is 0 Å². The smallest absolute Gasteiger partial charge is 0.260 e. The summed E-state index contributed by atoms with van der Waals surface area (Å²) in [5.41, 5.74) is 0.584. The molecular formula is C11H16N2O4S. The van der Waals surface area contributed by atoms with E-state index in [1.165, 1.54) is 23.6 Å². The standard InChI is InChI=1S/C11H16N2O4S/c1-13(10-4-5-17-8-10)18(15,16)11-3-2-9(7-14)6-12-11/h2-3,6,10,14H,4-5,7-8H2,1H3. The van der Waals surface area contributed by atoms with Crippen molar-refractivity contribution in [2.24, 2.45) is 0 Å². The fourth-order valence-electron chi connectivity index (χ4n) is 1.81. The van der Waals surface area contributed by atoms with Crippen LogP contribution in [-0.2, 0) is 21.4 Å². The Hall–Kier alpha value is -1.02. The lowest BCUT2D eigenvalue weighted by molar-refractivity contribution is 0.180. The summed E-state index contributed by atoms with van der Waals surface area (Å²) in [5.74, 6) is 0. The molecule has 100 valence electrons. The summed E-state index contributed by atoms with van der Waals surface area (Å²) >= 11 is 0. The Kier molecular flexibility index (Phi) is 3.96. The average Bonchev–Trinajstić information content (AvgIpc) is 2.91. The summed E-state index contributed by atoms with van der Waals surface area (Å²) < 4.78 is 31.0. The van der Waals surface area contributed by atoms with E-state index in [2.05, 4.69) is 4.98 Å². The predicted molar refractivity (Wildman–Crippen MR) is 64.3 cm³/mol. The first kappa shape index (κ1) is 13.4. The molecule has 18 heavy (non-hydrogen) atoms. The van der Waals surface area contributed by atoms with Gasteiger partial charge in [0.2, 0.25) is 0 Å². The highest BCUT2D eigenvalue weighted by molar-refractivity contribution is 7.89. The zero-order chi connectivity index (χ0) is 13.2. The molecule has 7 heteroatoms. The van der Waals surface area contributed by atoms with E-state index in [1.807, 2.05) is 0 Å². The third-order valence-corrected chi connectivity index (χ3v) is 4.87. The summed E-state index contributed by atoms with van der Waals surface area (Å²) in [4.78, 5) is 3.88. The van der Waals surface area contributed by atoms with E-state index < -0.39 is 10.0 Å². The molecule has 0 spiro atoms. The number of hydrogen-bond donors (Lipinski definition) is 1. The van der Waals surface area contributed by atoms with Gasteiger partial charge in [-0.3, -0.25) is 0 Å². The minimum absolute atomic E-state index is 0.00546. The first-order valence-electron chi connectivity index (χ1n) is 5.67. The lowest BCUT2D eigenvalue weighted by atomic mass is 10.3. The molecule has 2 heterocycles. The zero-order valence-electron chi connectivity index (χ0n) is 10.1. The molecule has 0 saturated carbocycles. The summed E-state index contributed by atoms with van der Waals surface area (Å²) in [6.45, 7) is 0.853. The van der Waals surface area contributed by atoms with Gasteiger partial charge in [-0.15, -0.1) is 0 Å². The van der Waals surface area contributed by atoms with E-state index in [4.69, 9.17) is 9.84 Å². The first-order valence-corrected chi connectivity index (χ1v) is 7.11. The molecule has 1 unspecified atom stereocenters. The van der Waals surface area contributed by atoms with Crippen LogP contribution in [-0.4, -0.2) is 49.1 Å². The molecule has 1 aromatic heterocycles. The van der Waals surface area contributed by atoms with Gasteiger partial charge in [0.25, 0.3) is 10.0 Å². The van der Waals surface area contributed by atoms with Crippen molar-refractivity contribution in [3.05, 3.63) is 23.9 Å². The Bertz CT molecular complexity index is 494. The fraction of sp³-hybridized carbons (Fsp3) is 0.545. The quantitative estimate of drug-likeness (QED) is 0.833. The minimum atomic E-state index is -3.59. The van der Waals surface area contributed by atoms with Crippen LogP contribution in [0.1, 0.15) is 12.0 Å². The molecule has 0 amide bonds. The van der Waals surface area contributed by atoms with Crippen LogP contribution in [0.25, 0.3) is 0 Å². The van der Waals surface area contributed by atoms with Crippen LogP contribution in [0.4, 0.5) is 0 Å². The maximum Gasteiger partial charge on any atom is 0.260 e. The van der Waals surface area contributed by atoms with Gasteiger partial charge in [0.05, 0.1) is 19.3 Å². The van der Waals surface area contributed by atoms with Crippen molar-refractivity contribution in [3.63, 3.8) is 0 Å². The van der Waals surface area contributed by atoms with E-state index in [0.29, 0.717) is 25.2 Å². The average molecular weight is 272 g/mol. The molecule has 0 aliphatic carbocycles. The number of likely N-dealkylation sites (N-methyl/N-ethyl adjacent to an activating group) is 1. The molecule has 2 rings (SSSR count). The summed E-state index contributed by atoms with van der Waals surface area (Å²) in [6, 6.07) is 2.83. The predicted octanol–water partition coefficient (Wildman–Crippen LogP) is -0.0167. The van der Waals surface area contributed by atoms with Crippen LogP contribution < -0.4 is 0 Å². The number of ether oxygens (including phenoxy) is 1. The normalized spacial score (nSPS) is 20.5. The van der Waals surface area contributed by atoms with Crippen LogP contribution in [0, 0.1) is 0 Å². The number of nitrogens with zero attached hydrogens (tertiary/aromatic N) is 2. The maximum atomic E-state index is 12.3. The lowest BCUT2D eigenvalue weighted by Crippen LogP contribution is -2.37. The van der Waals surface area contributed by atoms with E-state index in [1.54, 1.807) is 6.07 Å². The summed E-state index contributed by atoms with van der Waals surface area (Å²) in [5, 5.41) is 8.89. The molecule has 1 aliphatic heterocycles. The van der Waals surface area contributed by atoms with Crippen molar-refractivity contribution in [1.29, 1.82) is 0 Å². The fourth-order valence-corrected chi connectivity index (χ4v) is 3.09. The number of rotatable bonds is 4. The highest BCUT2D eigenvalue weighted by Crippen LogP contribution is 2.19. The van der Waals surface area contributed by atoms with E-state index >= 15 is 0 Å². The van der Waals surface area contributed by atoms with Crippen LogP contribution in [0.3, 0.4) is 0 Å². The largest absolute Gasteiger partial charge is 0.392 e. The SMILES string of the molecule is CN(C1CCOC1)S(=O)(=O)c1ccc(CO)cn1. The highest BCUT2D eigenvalue weighted by Gasteiger charge is 2.31. The lowest BCUT2D eigenvalue weighted by Gasteiger charge is -2.21. The van der Waals surface area contributed by atoms with Gasteiger partial charge in [-0.2, -0.15) is 4.31 Å². The Labute approximate surface area is 106 Å².